The lowest BCUT2D eigenvalue weighted by molar-refractivity contribution is -0.398. The zero-order chi connectivity index (χ0) is 17.5. The van der Waals surface area contributed by atoms with Crippen molar-refractivity contribution in [2.45, 2.75) is 38.1 Å². The Labute approximate surface area is 145 Å². The summed E-state index contributed by atoms with van der Waals surface area (Å²) in [7, 11) is 1.28. The Morgan fingerprint density at radius 1 is 1.42 bits per heavy atom. The molecule has 0 aliphatic heterocycles. The van der Waals surface area contributed by atoms with Crippen LogP contribution in [0.5, 0.6) is 11.5 Å². The lowest BCUT2D eigenvalue weighted by atomic mass is 9.96. The van der Waals surface area contributed by atoms with Crippen molar-refractivity contribution < 1.29 is 14.8 Å². The Kier molecular flexibility index (Phi) is 6.30. The molecule has 1 aliphatic carbocycles. The van der Waals surface area contributed by atoms with E-state index < -0.39 is 16.4 Å². The van der Waals surface area contributed by atoms with Gasteiger partial charge in [0.2, 0.25) is 0 Å². The van der Waals surface area contributed by atoms with Crippen molar-refractivity contribution in [1.29, 1.82) is 0 Å². The van der Waals surface area contributed by atoms with E-state index in [1.807, 2.05) is 0 Å². The zero-order valence-electron chi connectivity index (χ0n) is 13.3. The summed E-state index contributed by atoms with van der Waals surface area (Å²) in [6, 6.07) is 2.89. The van der Waals surface area contributed by atoms with Crippen LogP contribution >= 0.6 is 12.2 Å². The van der Waals surface area contributed by atoms with E-state index in [0.29, 0.717) is 16.7 Å². The fourth-order valence-electron chi connectivity index (χ4n) is 2.60. The van der Waals surface area contributed by atoms with E-state index in [9.17, 15) is 15.2 Å². The maximum Gasteiger partial charge on any atom is 0.266 e. The van der Waals surface area contributed by atoms with Crippen LogP contribution < -0.4 is 20.6 Å². The number of nitro benzene ring substituents is 1. The summed E-state index contributed by atoms with van der Waals surface area (Å²) >= 11 is 5.17. The van der Waals surface area contributed by atoms with Crippen molar-refractivity contribution in [2.75, 3.05) is 7.11 Å². The average molecular weight is 351 g/mol. The van der Waals surface area contributed by atoms with Crippen LogP contribution in [0.25, 0.3) is 0 Å². The van der Waals surface area contributed by atoms with Crippen LogP contribution in [-0.4, -0.2) is 29.4 Å². The molecule has 0 amide bonds. The number of nitrogens with one attached hydrogen (secondary N) is 2. The van der Waals surface area contributed by atoms with Gasteiger partial charge in [-0.05, 0) is 31.1 Å². The molecule has 1 aromatic carbocycles. The topological polar surface area (TPSA) is 112 Å². The summed E-state index contributed by atoms with van der Waals surface area (Å²) in [5, 5.41) is 30.2. The van der Waals surface area contributed by atoms with Crippen molar-refractivity contribution >= 4 is 29.2 Å². The maximum absolute atomic E-state index is 11.7. The largest absolute Gasteiger partial charge is 0.865 e. The number of hydrogen-bond acceptors (Lipinski definition) is 6. The number of ether oxygens (including phenoxy) is 1. The molecule has 1 aromatic rings. The summed E-state index contributed by atoms with van der Waals surface area (Å²) in [6.45, 7) is 0. The molecule has 0 atom stereocenters. The zero-order valence-corrected chi connectivity index (χ0v) is 14.1. The first-order valence-electron chi connectivity index (χ1n) is 7.64. The first-order chi connectivity index (χ1) is 11.5. The number of rotatable bonds is 5. The van der Waals surface area contributed by atoms with Gasteiger partial charge in [-0.15, -0.1) is 0 Å². The lowest BCUT2D eigenvalue weighted by Crippen LogP contribution is -2.40. The number of thiocarbonyl (C=S) groups is 1. The fourth-order valence-corrected chi connectivity index (χ4v) is 2.82. The van der Waals surface area contributed by atoms with Gasteiger partial charge in [-0.1, -0.05) is 19.3 Å². The van der Waals surface area contributed by atoms with Crippen LogP contribution in [-0.2, 0) is 0 Å². The molecule has 2 N–H and O–H groups in total. The third kappa shape index (κ3) is 4.79. The van der Waals surface area contributed by atoms with E-state index in [1.165, 1.54) is 38.7 Å². The Morgan fingerprint density at radius 3 is 2.75 bits per heavy atom. The van der Waals surface area contributed by atoms with Gasteiger partial charge in [-0.25, -0.2) is 0 Å². The molecule has 130 valence electrons. The number of nitrogens with zero attached hydrogens (tertiary/aromatic N) is 2. The van der Waals surface area contributed by atoms with E-state index in [1.54, 1.807) is 0 Å². The molecule has 0 saturated heterocycles. The minimum atomic E-state index is -0.762. The Morgan fingerprint density at radius 2 is 2.12 bits per heavy atom. The summed E-state index contributed by atoms with van der Waals surface area (Å²) in [6.07, 6.45) is 7.15. The molecule has 1 fully saturated rings. The van der Waals surface area contributed by atoms with Crippen LogP contribution in [0.2, 0.25) is 0 Å². The predicted octanol–water partition coefficient (Wildman–Crippen LogP) is 1.81. The van der Waals surface area contributed by atoms with Crippen molar-refractivity contribution in [3.63, 3.8) is 0 Å². The molecule has 0 radical (unpaired) electrons. The van der Waals surface area contributed by atoms with Crippen molar-refractivity contribution in [1.82, 2.24) is 10.7 Å². The van der Waals surface area contributed by atoms with E-state index in [-0.39, 0.29) is 5.75 Å². The second-order valence-electron chi connectivity index (χ2n) is 5.51. The number of benzene rings is 1. The normalized spacial score (nSPS) is 15.2. The quantitative estimate of drug-likeness (QED) is 0.360. The van der Waals surface area contributed by atoms with Crippen LogP contribution in [0.4, 0.5) is 5.69 Å². The minimum absolute atomic E-state index is 0.103. The van der Waals surface area contributed by atoms with Gasteiger partial charge in [-0.2, -0.15) is 5.10 Å². The standard InChI is InChI=1S/C15H20N4O4S/c1-23-13-8-10(7-12(14(13)20)19(21)22)9-16-18-15(24)17-11-5-3-2-4-6-11/h7-9,11,20H,2-6H2,1H3,(H2,17,18,24)/p-1/b16-9-. The smallest absolute Gasteiger partial charge is 0.266 e. The summed E-state index contributed by atoms with van der Waals surface area (Å²) < 4.78 is 4.87. The highest BCUT2D eigenvalue weighted by Gasteiger charge is 2.14. The van der Waals surface area contributed by atoms with Crippen LogP contribution in [0.1, 0.15) is 37.7 Å². The third-order valence-electron chi connectivity index (χ3n) is 3.79. The highest BCUT2D eigenvalue weighted by molar-refractivity contribution is 7.80. The molecular formula is C15H19N4O4S-. The van der Waals surface area contributed by atoms with Gasteiger partial charge in [-0.3, -0.25) is 15.5 Å². The molecule has 24 heavy (non-hydrogen) atoms. The molecule has 0 aromatic heterocycles. The van der Waals surface area contributed by atoms with Gasteiger partial charge in [0.05, 0.1) is 18.2 Å². The van der Waals surface area contributed by atoms with Crippen LogP contribution in [0.3, 0.4) is 0 Å². The fraction of sp³-hybridized carbons (Fsp3) is 0.467. The highest BCUT2D eigenvalue weighted by Crippen LogP contribution is 2.33. The minimum Gasteiger partial charge on any atom is -0.865 e. The van der Waals surface area contributed by atoms with Crippen molar-refractivity contribution in [3.8, 4) is 11.5 Å². The van der Waals surface area contributed by atoms with Gasteiger partial charge in [0, 0.05) is 23.4 Å². The molecule has 1 saturated carbocycles. The summed E-state index contributed by atoms with van der Waals surface area (Å²) in [5.74, 6) is -0.865. The van der Waals surface area contributed by atoms with E-state index >= 15 is 0 Å². The van der Waals surface area contributed by atoms with Crippen LogP contribution in [0.15, 0.2) is 17.2 Å². The van der Waals surface area contributed by atoms with Gasteiger partial charge in [0.25, 0.3) is 5.69 Å². The number of hydrazone groups is 1. The monoisotopic (exact) mass is 351 g/mol. The number of methoxy groups -OCH3 is 1. The van der Waals surface area contributed by atoms with E-state index in [0.717, 1.165) is 18.9 Å². The predicted molar refractivity (Wildman–Crippen MR) is 92.4 cm³/mol. The molecule has 8 nitrogen and oxygen atoms in total. The first-order valence-corrected chi connectivity index (χ1v) is 8.05. The van der Waals surface area contributed by atoms with Gasteiger partial charge >= 0.3 is 0 Å². The van der Waals surface area contributed by atoms with Gasteiger partial charge in [0.15, 0.2) is 5.11 Å². The Balaban J connectivity index is 1.99. The maximum atomic E-state index is 11.7. The summed E-state index contributed by atoms with van der Waals surface area (Å²) in [5.41, 5.74) is 2.49. The van der Waals surface area contributed by atoms with Gasteiger partial charge < -0.3 is 15.2 Å². The SMILES string of the molecule is COc1cc(/C=N\NC(=S)NC2CCCCC2)cc([N+](=O)[O-])c1[O-]. The molecule has 0 heterocycles. The average Bonchev–Trinajstić information content (AvgIpc) is 2.56. The molecule has 0 spiro atoms. The highest BCUT2D eigenvalue weighted by atomic mass is 32.1. The summed E-state index contributed by atoms with van der Waals surface area (Å²) in [4.78, 5) is 10.2. The Hall–Kier alpha value is -2.42. The Bertz CT molecular complexity index is 645. The first kappa shape index (κ1) is 17.9. The lowest BCUT2D eigenvalue weighted by Gasteiger charge is -2.23. The van der Waals surface area contributed by atoms with E-state index in [2.05, 4.69) is 15.8 Å². The molecule has 0 bridgehead atoms. The number of hydrogen-bond donors (Lipinski definition) is 2. The molecule has 9 heteroatoms. The van der Waals surface area contributed by atoms with Crippen molar-refractivity contribution in [2.24, 2.45) is 5.10 Å². The van der Waals surface area contributed by atoms with Gasteiger partial charge in [0.1, 0.15) is 5.75 Å². The van der Waals surface area contributed by atoms with Crippen molar-refractivity contribution in [3.05, 3.63) is 27.8 Å². The third-order valence-corrected chi connectivity index (χ3v) is 4.00. The molecule has 0 unspecified atom stereocenters. The molecule has 2 rings (SSSR count). The van der Waals surface area contributed by atoms with Crippen LogP contribution in [0, 0.1) is 10.1 Å². The second kappa shape index (κ2) is 8.44. The number of nitro groups is 1. The molecule has 1 aliphatic rings. The second-order valence-corrected chi connectivity index (χ2v) is 5.92. The molecular weight excluding hydrogens is 332 g/mol. The van der Waals surface area contributed by atoms with E-state index in [4.69, 9.17) is 17.0 Å².